The molecule has 0 N–H and O–H groups in total. The van der Waals surface area contributed by atoms with Crippen molar-refractivity contribution in [3.05, 3.63) is 456 Å². The van der Waals surface area contributed by atoms with Gasteiger partial charge in [-0.25, -0.2) is 8.42 Å². The van der Waals surface area contributed by atoms with Crippen LogP contribution in [0.4, 0.5) is 26.3 Å². The number of hydrogen-bond acceptors (Lipinski definition) is 6. The predicted molar refractivity (Wildman–Crippen MR) is 559 cm³/mol. The molecule has 137 heavy (non-hydrogen) atoms. The largest absolute Gasteiger partial charge is 0.457 e. The zero-order valence-corrected chi connectivity index (χ0v) is 86.3. The Labute approximate surface area is 812 Å². The van der Waals surface area contributed by atoms with E-state index >= 15 is 0 Å². The molecule has 0 amide bonds. The molecule has 0 atom stereocenters. The molecule has 0 unspecified atom stereocenters. The van der Waals surface area contributed by atoms with Crippen molar-refractivity contribution in [2.75, 3.05) is 0 Å². The Hall–Kier alpha value is -13.1. The molecule has 13 heteroatoms. The van der Waals surface area contributed by atoms with Crippen LogP contribution in [0.3, 0.4) is 0 Å². The lowest BCUT2D eigenvalue weighted by molar-refractivity contribution is -0.288. The fourth-order valence-electron chi connectivity index (χ4n) is 15.2. The zero-order chi connectivity index (χ0) is 101. The van der Waals surface area contributed by atoms with Gasteiger partial charge in [-0.3, -0.25) is 4.79 Å². The Morgan fingerprint density at radius 1 is 0.197 bits per heavy atom. The van der Waals surface area contributed by atoms with Crippen LogP contribution < -0.4 is 14.2 Å². The zero-order valence-electron chi connectivity index (χ0n) is 85.5. The van der Waals surface area contributed by atoms with Gasteiger partial charge in [-0.15, -0.1) is 0 Å². The third-order valence-electron chi connectivity index (χ3n) is 26.6. The second-order valence-corrected chi connectivity index (χ2v) is 39.1. The second-order valence-electron chi connectivity index (χ2n) is 37.1. The fourth-order valence-corrected chi connectivity index (χ4v) is 16.7. The topological polar surface area (TPSA) is 78.9 Å². The first-order chi connectivity index (χ1) is 64.2. The van der Waals surface area contributed by atoms with Crippen LogP contribution in [0.15, 0.2) is 277 Å². The van der Waals surface area contributed by atoms with Crippen molar-refractivity contribution < 1.29 is 53.8 Å². The lowest BCUT2D eigenvalue weighted by Crippen LogP contribution is -2.54. The first kappa shape index (κ1) is 108. The first-order valence-electron chi connectivity index (χ1n) is 46.3. The number of aryl methyl sites for hydroxylation is 30. The molecule has 0 spiro atoms. The normalized spacial score (nSPS) is 11.2. The second kappa shape index (κ2) is 46.2. The lowest BCUT2D eigenvalue weighted by Gasteiger charge is -2.38. The van der Waals surface area contributed by atoms with Gasteiger partial charge in [0.05, 0.1) is 9.79 Å². The van der Waals surface area contributed by atoms with E-state index in [9.17, 15) is 39.6 Å². The maximum Gasteiger partial charge on any atom is 0.411 e. The van der Waals surface area contributed by atoms with Gasteiger partial charge in [0.25, 0.3) is 0 Å². The molecule has 0 heterocycles. The van der Waals surface area contributed by atoms with Gasteiger partial charge in [0.15, 0.2) is 5.78 Å². The Kier molecular flexibility index (Phi) is 36.2. The van der Waals surface area contributed by atoms with Crippen molar-refractivity contribution >= 4 is 15.6 Å². The first-order valence-corrected chi connectivity index (χ1v) is 47.8. The van der Waals surface area contributed by atoms with Gasteiger partial charge in [-0.2, -0.15) is 26.3 Å². The van der Waals surface area contributed by atoms with E-state index in [1.54, 1.807) is 38.1 Å². The third kappa shape index (κ3) is 27.6. The highest BCUT2D eigenvalue weighted by atomic mass is 32.2. The van der Waals surface area contributed by atoms with E-state index in [1.165, 1.54) is 160 Å². The summed E-state index contributed by atoms with van der Waals surface area (Å²) in [5.41, 5.74) is 35.2. The smallest absolute Gasteiger partial charge is 0.411 e. The van der Waals surface area contributed by atoms with Crippen LogP contribution in [0.1, 0.15) is 194 Å². The van der Waals surface area contributed by atoms with E-state index in [2.05, 4.69) is 260 Å². The predicted octanol–water partition coefficient (Wildman–Crippen LogP) is 35.2. The van der Waals surface area contributed by atoms with Gasteiger partial charge in [-0.05, 0) is 517 Å². The monoisotopic (exact) mass is 1860 g/mol. The molecule has 0 aromatic heterocycles. The summed E-state index contributed by atoms with van der Waals surface area (Å²) in [5.74, 6) is 5.33. The molecule has 6 nitrogen and oxygen atoms in total. The molecule has 0 aliphatic heterocycles. The Morgan fingerprint density at radius 2 is 0.394 bits per heavy atom. The van der Waals surface area contributed by atoms with Gasteiger partial charge < -0.3 is 14.2 Å². The summed E-state index contributed by atoms with van der Waals surface area (Å²) in [6.07, 6.45) is -11.1. The Morgan fingerprint density at radius 3 is 0.620 bits per heavy atom. The number of halogens is 6. The molecule has 714 valence electrons. The van der Waals surface area contributed by atoms with Crippen molar-refractivity contribution in [2.24, 2.45) is 0 Å². The van der Waals surface area contributed by atoms with Crippen LogP contribution in [0.2, 0.25) is 0 Å². The molecule has 0 radical (unpaired) electrons. The number of carbonyl (C=O) groups excluding carboxylic acids is 1. The molecular formula is C124H134F6O6S. The summed E-state index contributed by atoms with van der Waals surface area (Å²) in [7, 11) is -3.42. The summed E-state index contributed by atoms with van der Waals surface area (Å²) >= 11 is 0. The maximum absolute atomic E-state index is 14.0. The molecule has 0 saturated heterocycles. The quantitative estimate of drug-likeness (QED) is 0.0797. The fraction of sp³-hybridized carbons (Fsp3) is 0.266. The van der Waals surface area contributed by atoms with E-state index in [1.807, 2.05) is 126 Å². The molecule has 15 aromatic rings. The highest BCUT2D eigenvalue weighted by molar-refractivity contribution is 7.91. The average Bonchev–Trinajstić information content (AvgIpc) is 0.711. The molecular weight excluding hydrogens is 1730 g/mol. The van der Waals surface area contributed by atoms with E-state index in [-0.39, 0.29) is 5.78 Å². The van der Waals surface area contributed by atoms with E-state index in [0.717, 1.165) is 103 Å². The van der Waals surface area contributed by atoms with Crippen LogP contribution >= 0.6 is 0 Å². The molecule has 0 fully saturated rings. The van der Waals surface area contributed by atoms with Crippen molar-refractivity contribution in [1.29, 1.82) is 0 Å². The summed E-state index contributed by atoms with van der Waals surface area (Å²) in [4.78, 5) is 13.1. The Bertz CT molecular complexity index is 6570. The molecule has 0 aliphatic carbocycles. The standard InChI is InChI=1S/C30H30O2.C19H18F6.C17H18O.C16H18O2S.C16H18O.C16H18.C10H14/c1-19-7-9-25(15-21(19)3)31-27-11-13-29(23(5)17-27)30-14-12-28(18-24(30)6)32-26-10-8-20(2)22(4)16-26;1-11-5-7-15(9-13(11)3)17(18(20,21)22,19(23,24)25)16-8-6-12(2)14(4)10-16;1-11-5-7-15(9-13(11)3)17(18)16-8-6-12(2)14(4)10-16;1-11-5-7-15(9-13(11)3)19(17,18)16-8-6-12(2)14(4)10-16;1-11-5-7-15(9-13(11)3)17-16-8-6-12(2)14(4)10-16;1-11-5-7-15(9-13(11)3)16-8-6-12(2)14(4)10-16;1-7-5-9(3)10(4)6-8(7)2/h7-18H,1-6H3;5-10H,1-4H3;5-10H,1-4H3;5-10H,1-4H3;5-10H,1-4H3;5-10H,1-4H3;5-6H,1-4H3. The van der Waals surface area contributed by atoms with Crippen molar-refractivity contribution in [3.63, 3.8) is 0 Å². The van der Waals surface area contributed by atoms with Crippen molar-refractivity contribution in [1.82, 2.24) is 0 Å². The van der Waals surface area contributed by atoms with Gasteiger partial charge in [0, 0.05) is 11.1 Å². The maximum atomic E-state index is 14.0. The minimum absolute atomic E-state index is 0.0983. The number of benzene rings is 15. The van der Waals surface area contributed by atoms with E-state index in [0.29, 0.717) is 32.0 Å². The average molecular weight is 1870 g/mol. The highest BCUT2D eigenvalue weighted by Crippen LogP contribution is 2.57. The van der Waals surface area contributed by atoms with Crippen LogP contribution in [0, 0.1) is 208 Å². The summed E-state index contributed by atoms with van der Waals surface area (Å²) in [6, 6.07) is 83.7. The third-order valence-corrected chi connectivity index (χ3v) is 28.4. The number of ketones is 1. The Balaban J connectivity index is 0.000000183. The minimum Gasteiger partial charge on any atom is -0.457 e. The van der Waals surface area contributed by atoms with Gasteiger partial charge >= 0.3 is 12.4 Å². The van der Waals surface area contributed by atoms with Crippen LogP contribution in [-0.4, -0.2) is 26.6 Å². The van der Waals surface area contributed by atoms with Crippen LogP contribution in [0.5, 0.6) is 34.5 Å². The molecule has 0 aliphatic rings. The van der Waals surface area contributed by atoms with Crippen molar-refractivity contribution in [2.45, 2.75) is 235 Å². The van der Waals surface area contributed by atoms with Crippen molar-refractivity contribution in [3.8, 4) is 56.8 Å². The number of carbonyl (C=O) groups is 1. The van der Waals surface area contributed by atoms with Gasteiger partial charge in [-0.1, -0.05) is 158 Å². The van der Waals surface area contributed by atoms with E-state index in [4.69, 9.17) is 14.2 Å². The minimum atomic E-state index is -5.55. The lowest BCUT2D eigenvalue weighted by atomic mass is 9.71. The SMILES string of the molecule is Cc1cc(C)c(C)cc1C.Cc1ccc(-c2ccc(C)c(C)c2)cc1C.Cc1ccc(C(=O)c2ccc(C)c(C)c2)cc1C.Cc1ccc(C(c2ccc(C)c(C)c2)(C(F)(F)F)C(F)(F)F)cc1C.Cc1ccc(Oc2ccc(-c3ccc(Oc4ccc(C)c(C)c4)cc3C)c(C)c2)cc1C.Cc1ccc(Oc2ccc(C)c(C)c2)cc1C.Cc1ccc(S(=O)(=O)c2ccc(C)c(C)c2)cc1C. The number of alkyl halides is 6. The van der Waals surface area contributed by atoms with Crippen LogP contribution in [-0.2, 0) is 15.3 Å². The molecule has 0 saturated carbocycles. The summed E-state index contributed by atoms with van der Waals surface area (Å²) in [6.45, 7) is 60.6. The van der Waals surface area contributed by atoms with E-state index < -0.39 is 38.7 Å². The van der Waals surface area contributed by atoms with Gasteiger partial charge in [0.2, 0.25) is 15.3 Å². The number of ether oxygens (including phenoxy) is 3. The van der Waals surface area contributed by atoms with Gasteiger partial charge in [0.1, 0.15) is 34.5 Å². The number of sulfone groups is 1. The molecule has 0 bridgehead atoms. The molecule has 15 rings (SSSR count). The highest BCUT2D eigenvalue weighted by Gasteiger charge is 2.72. The van der Waals surface area contributed by atoms with Crippen LogP contribution in [0.25, 0.3) is 22.3 Å². The number of hydrogen-bond donors (Lipinski definition) is 0. The molecule has 15 aromatic carbocycles. The number of rotatable bonds is 14. The summed E-state index contributed by atoms with van der Waals surface area (Å²) in [5, 5.41) is 0. The summed E-state index contributed by atoms with van der Waals surface area (Å²) < 4.78 is 127.